The van der Waals surface area contributed by atoms with Gasteiger partial charge in [-0.05, 0) is 42.3 Å². The predicted molar refractivity (Wildman–Crippen MR) is 88.9 cm³/mol. The van der Waals surface area contributed by atoms with Crippen LogP contribution in [0.25, 0.3) is 0 Å². The van der Waals surface area contributed by atoms with Crippen molar-refractivity contribution in [3.8, 4) is 5.75 Å². The summed E-state index contributed by atoms with van der Waals surface area (Å²) in [6.07, 6.45) is 0.827. The minimum absolute atomic E-state index is 0.219. The van der Waals surface area contributed by atoms with E-state index in [0.29, 0.717) is 17.0 Å². The van der Waals surface area contributed by atoms with Gasteiger partial charge in [0.2, 0.25) is 0 Å². The van der Waals surface area contributed by atoms with Crippen molar-refractivity contribution < 1.29 is 9.53 Å². The molecule has 0 aliphatic rings. The lowest BCUT2D eigenvalue weighted by molar-refractivity contribution is 0.102. The fraction of sp³-hybridized carbons (Fsp3) is 0.188. The van der Waals surface area contributed by atoms with Gasteiger partial charge in [-0.1, -0.05) is 22.9 Å². The second kappa shape index (κ2) is 6.63. The lowest BCUT2D eigenvalue weighted by Gasteiger charge is -2.13. The number of hydrogen-bond acceptors (Lipinski definition) is 3. The Morgan fingerprint density at radius 1 is 1.29 bits per heavy atom. The number of ether oxygens (including phenoxy) is 1. The number of amides is 1. The van der Waals surface area contributed by atoms with Gasteiger partial charge in [0.15, 0.2) is 0 Å². The predicted octanol–water partition coefficient (Wildman–Crippen LogP) is 3.85. The van der Waals surface area contributed by atoms with Crippen LogP contribution in [0.15, 0.2) is 40.9 Å². The van der Waals surface area contributed by atoms with Gasteiger partial charge in [0.1, 0.15) is 5.75 Å². The number of carbonyl (C=O) groups is 1. The van der Waals surface area contributed by atoms with Crippen molar-refractivity contribution in [3.63, 3.8) is 0 Å². The van der Waals surface area contributed by atoms with Gasteiger partial charge in [-0.2, -0.15) is 0 Å². The molecule has 0 saturated carbocycles. The number of methoxy groups -OCH3 is 1. The Morgan fingerprint density at radius 2 is 2.05 bits per heavy atom. The van der Waals surface area contributed by atoms with Crippen LogP contribution in [0.1, 0.15) is 22.8 Å². The summed E-state index contributed by atoms with van der Waals surface area (Å²) in [5.74, 6) is 0.242. The van der Waals surface area contributed by atoms with Gasteiger partial charge in [0.25, 0.3) is 5.91 Å². The number of nitrogens with two attached hydrogens (primary N) is 1. The van der Waals surface area contributed by atoms with Gasteiger partial charge < -0.3 is 15.8 Å². The zero-order valence-electron chi connectivity index (χ0n) is 11.9. The first-order chi connectivity index (χ1) is 10.0. The fourth-order valence-electron chi connectivity index (χ4n) is 2.06. The van der Waals surface area contributed by atoms with E-state index >= 15 is 0 Å². The number of rotatable bonds is 4. The molecule has 2 aromatic carbocycles. The molecule has 0 bridgehead atoms. The van der Waals surface area contributed by atoms with Crippen LogP contribution in [0.3, 0.4) is 0 Å². The summed E-state index contributed by atoms with van der Waals surface area (Å²) in [4.78, 5) is 12.4. The third-order valence-corrected chi connectivity index (χ3v) is 3.66. The minimum Gasteiger partial charge on any atom is -0.496 e. The zero-order chi connectivity index (χ0) is 15.4. The van der Waals surface area contributed by atoms with Gasteiger partial charge in [0, 0.05) is 21.9 Å². The Bertz CT molecular complexity index is 671. The highest BCUT2D eigenvalue weighted by Gasteiger charge is 2.14. The highest BCUT2D eigenvalue weighted by atomic mass is 79.9. The molecule has 0 fully saturated rings. The molecule has 0 radical (unpaired) electrons. The van der Waals surface area contributed by atoms with Crippen LogP contribution in [0.4, 0.5) is 11.4 Å². The molecule has 5 heteroatoms. The van der Waals surface area contributed by atoms with E-state index in [2.05, 4.69) is 21.2 Å². The van der Waals surface area contributed by atoms with E-state index in [-0.39, 0.29) is 5.91 Å². The number of anilines is 2. The molecule has 0 aromatic heterocycles. The van der Waals surface area contributed by atoms with Gasteiger partial charge >= 0.3 is 0 Å². The van der Waals surface area contributed by atoms with Crippen LogP contribution in [-0.4, -0.2) is 13.0 Å². The summed E-state index contributed by atoms with van der Waals surface area (Å²) in [5, 5.41) is 2.92. The topological polar surface area (TPSA) is 64.4 Å². The summed E-state index contributed by atoms with van der Waals surface area (Å²) >= 11 is 3.43. The van der Waals surface area contributed by atoms with Crippen molar-refractivity contribution in [2.24, 2.45) is 0 Å². The van der Waals surface area contributed by atoms with E-state index in [1.807, 2.05) is 25.1 Å². The summed E-state index contributed by atoms with van der Waals surface area (Å²) in [6.45, 7) is 2.04. The molecule has 0 spiro atoms. The number of nitrogen functional groups attached to an aromatic ring is 1. The van der Waals surface area contributed by atoms with E-state index in [1.165, 1.54) is 7.11 Å². The molecular formula is C16H17BrN2O2. The van der Waals surface area contributed by atoms with Crippen LogP contribution in [0.5, 0.6) is 5.75 Å². The number of nitrogens with one attached hydrogen (secondary N) is 1. The maximum absolute atomic E-state index is 12.4. The molecule has 4 nitrogen and oxygen atoms in total. The standard InChI is InChI=1S/C16H17BrN2O2/c1-3-10-8-11(17)4-7-14(10)19-16(20)13-6-5-12(18)9-15(13)21-2/h4-9H,3,18H2,1-2H3,(H,19,20). The van der Waals surface area contributed by atoms with Crippen LogP contribution in [-0.2, 0) is 6.42 Å². The monoisotopic (exact) mass is 348 g/mol. The normalized spacial score (nSPS) is 10.2. The van der Waals surface area contributed by atoms with Crippen LogP contribution < -0.4 is 15.8 Å². The average molecular weight is 349 g/mol. The van der Waals surface area contributed by atoms with Crippen molar-refractivity contribution in [2.75, 3.05) is 18.2 Å². The van der Waals surface area contributed by atoms with Gasteiger partial charge in [0.05, 0.1) is 12.7 Å². The third-order valence-electron chi connectivity index (χ3n) is 3.17. The molecule has 2 rings (SSSR count). The van der Waals surface area contributed by atoms with E-state index in [9.17, 15) is 4.79 Å². The maximum atomic E-state index is 12.4. The van der Waals surface area contributed by atoms with Gasteiger partial charge in [-0.25, -0.2) is 0 Å². The molecule has 0 unspecified atom stereocenters. The third kappa shape index (κ3) is 3.55. The Morgan fingerprint density at radius 3 is 2.71 bits per heavy atom. The van der Waals surface area contributed by atoms with E-state index in [4.69, 9.17) is 10.5 Å². The second-order valence-corrected chi connectivity index (χ2v) is 5.48. The van der Waals surface area contributed by atoms with Crippen LogP contribution in [0, 0.1) is 0 Å². The molecule has 0 saturated heterocycles. The first-order valence-electron chi connectivity index (χ1n) is 6.58. The molecular weight excluding hydrogens is 332 g/mol. The fourth-order valence-corrected chi connectivity index (χ4v) is 2.47. The van der Waals surface area contributed by atoms with Crippen LogP contribution >= 0.6 is 15.9 Å². The Kier molecular flexibility index (Phi) is 4.85. The number of halogens is 1. The van der Waals surface area contributed by atoms with Crippen LogP contribution in [0.2, 0.25) is 0 Å². The lowest BCUT2D eigenvalue weighted by Crippen LogP contribution is -2.14. The quantitative estimate of drug-likeness (QED) is 0.824. The summed E-state index contributed by atoms with van der Waals surface area (Å²) in [6, 6.07) is 10.8. The summed E-state index contributed by atoms with van der Waals surface area (Å²) in [5.41, 5.74) is 8.57. The first kappa shape index (κ1) is 15.4. The molecule has 3 N–H and O–H groups in total. The molecule has 0 atom stereocenters. The first-order valence-corrected chi connectivity index (χ1v) is 7.37. The Hall–Kier alpha value is -2.01. The van der Waals surface area contributed by atoms with Crippen molar-refractivity contribution in [1.82, 2.24) is 0 Å². The molecule has 110 valence electrons. The van der Waals surface area contributed by atoms with Crippen molar-refractivity contribution >= 4 is 33.2 Å². The number of benzene rings is 2. The van der Waals surface area contributed by atoms with Crippen molar-refractivity contribution in [2.45, 2.75) is 13.3 Å². The largest absolute Gasteiger partial charge is 0.496 e. The average Bonchev–Trinajstić information content (AvgIpc) is 2.48. The highest BCUT2D eigenvalue weighted by Crippen LogP contribution is 2.25. The Labute approximate surface area is 132 Å². The van der Waals surface area contributed by atoms with E-state index in [1.54, 1.807) is 18.2 Å². The lowest BCUT2D eigenvalue weighted by atomic mass is 10.1. The minimum atomic E-state index is -0.219. The molecule has 21 heavy (non-hydrogen) atoms. The maximum Gasteiger partial charge on any atom is 0.259 e. The molecule has 0 aliphatic heterocycles. The molecule has 0 aliphatic carbocycles. The van der Waals surface area contributed by atoms with Crippen molar-refractivity contribution in [1.29, 1.82) is 0 Å². The van der Waals surface area contributed by atoms with E-state index < -0.39 is 0 Å². The molecule has 0 heterocycles. The molecule has 2 aromatic rings. The van der Waals surface area contributed by atoms with Crippen molar-refractivity contribution in [3.05, 3.63) is 52.0 Å². The summed E-state index contributed by atoms with van der Waals surface area (Å²) in [7, 11) is 1.52. The zero-order valence-corrected chi connectivity index (χ0v) is 13.5. The number of hydrogen-bond donors (Lipinski definition) is 2. The van der Waals surface area contributed by atoms with Gasteiger partial charge in [-0.3, -0.25) is 4.79 Å². The number of aryl methyl sites for hydroxylation is 1. The highest BCUT2D eigenvalue weighted by molar-refractivity contribution is 9.10. The number of carbonyl (C=O) groups excluding carboxylic acids is 1. The summed E-state index contributed by atoms with van der Waals surface area (Å²) < 4.78 is 6.20. The van der Waals surface area contributed by atoms with Gasteiger partial charge in [-0.15, -0.1) is 0 Å². The Balaban J connectivity index is 2.30. The molecule has 1 amide bonds. The second-order valence-electron chi connectivity index (χ2n) is 4.57. The smallest absolute Gasteiger partial charge is 0.259 e. The van der Waals surface area contributed by atoms with E-state index in [0.717, 1.165) is 22.1 Å². The SMILES string of the molecule is CCc1cc(Br)ccc1NC(=O)c1ccc(N)cc1OC.